The molecule has 2 amide bonds. The quantitative estimate of drug-likeness (QED) is 0.521. The van der Waals surface area contributed by atoms with Crippen molar-refractivity contribution in [3.63, 3.8) is 0 Å². The molecule has 0 spiro atoms. The second-order valence-corrected chi connectivity index (χ2v) is 5.06. The first-order valence-corrected chi connectivity index (χ1v) is 6.20. The maximum absolute atomic E-state index is 11.8. The Balaban J connectivity index is 2.07. The summed E-state index contributed by atoms with van der Waals surface area (Å²) >= 11 is 1.49. The third-order valence-corrected chi connectivity index (χ3v) is 4.18. The number of amides is 2. The summed E-state index contributed by atoms with van der Waals surface area (Å²) in [4.78, 5) is 35.2. The Morgan fingerprint density at radius 2 is 2.29 bits per heavy atom. The molecule has 0 aromatic heterocycles. The summed E-state index contributed by atoms with van der Waals surface area (Å²) in [5, 5.41) is 11.2. The molecule has 2 heterocycles. The van der Waals surface area contributed by atoms with Gasteiger partial charge in [0.2, 0.25) is 11.8 Å². The summed E-state index contributed by atoms with van der Waals surface area (Å²) < 4.78 is 0. The molecular weight excluding hydrogens is 244 g/mol. The number of β-lactam (4-membered cyclic amide) rings is 1. The number of nitrogens with one attached hydrogen (secondary N) is 1. The van der Waals surface area contributed by atoms with Crippen LogP contribution in [0.2, 0.25) is 0 Å². The molecule has 6 nitrogen and oxygen atoms in total. The maximum Gasteiger partial charge on any atom is 0.326 e. The average molecular weight is 256 g/mol. The Morgan fingerprint density at radius 3 is 2.88 bits per heavy atom. The normalized spacial score (nSPS) is 31.2. The zero-order chi connectivity index (χ0) is 12.6. The lowest BCUT2D eigenvalue weighted by Crippen LogP contribution is -2.74. The van der Waals surface area contributed by atoms with Crippen LogP contribution in [0.3, 0.4) is 0 Å². The van der Waals surface area contributed by atoms with Crippen molar-refractivity contribution in [1.29, 1.82) is 0 Å². The van der Waals surface area contributed by atoms with Crippen molar-refractivity contribution in [3.05, 3.63) is 12.7 Å². The van der Waals surface area contributed by atoms with Crippen LogP contribution < -0.4 is 5.32 Å². The molecule has 0 radical (unpaired) electrons. The Morgan fingerprint density at radius 1 is 1.59 bits per heavy atom. The van der Waals surface area contributed by atoms with E-state index in [0.717, 1.165) is 6.08 Å². The number of aliphatic carboxylic acids is 1. The first kappa shape index (κ1) is 12.0. The summed E-state index contributed by atoms with van der Waals surface area (Å²) in [6.07, 6.45) is 1.54. The van der Waals surface area contributed by atoms with Crippen molar-refractivity contribution in [2.45, 2.75) is 23.9 Å². The predicted octanol–water partition coefficient (Wildman–Crippen LogP) is -0.584. The van der Waals surface area contributed by atoms with E-state index in [1.807, 2.05) is 0 Å². The molecule has 2 aliphatic rings. The number of carbonyl (C=O) groups excluding carboxylic acids is 2. The number of carboxylic acids is 1. The van der Waals surface area contributed by atoms with E-state index >= 15 is 0 Å². The molecule has 2 N–H and O–H groups in total. The third-order valence-electron chi connectivity index (χ3n) is 2.86. The molecule has 0 aromatic rings. The molecule has 17 heavy (non-hydrogen) atoms. The number of rotatable bonds is 3. The van der Waals surface area contributed by atoms with Crippen molar-refractivity contribution in [2.75, 3.05) is 5.75 Å². The molecule has 0 bridgehead atoms. The molecule has 2 aliphatic heterocycles. The van der Waals surface area contributed by atoms with Crippen molar-refractivity contribution in [3.8, 4) is 0 Å². The van der Waals surface area contributed by atoms with E-state index in [1.54, 1.807) is 0 Å². The van der Waals surface area contributed by atoms with Crippen LogP contribution in [0.4, 0.5) is 0 Å². The summed E-state index contributed by atoms with van der Waals surface area (Å²) in [7, 11) is 0. The molecule has 2 saturated heterocycles. The summed E-state index contributed by atoms with van der Waals surface area (Å²) in [5.74, 6) is -1.06. The van der Waals surface area contributed by atoms with Gasteiger partial charge in [0.05, 0.1) is 0 Å². The van der Waals surface area contributed by atoms with E-state index in [4.69, 9.17) is 5.11 Å². The van der Waals surface area contributed by atoms with E-state index in [2.05, 4.69) is 11.9 Å². The highest BCUT2D eigenvalue weighted by molar-refractivity contribution is 8.00. The van der Waals surface area contributed by atoms with Crippen LogP contribution in [0.5, 0.6) is 0 Å². The van der Waals surface area contributed by atoms with E-state index in [9.17, 15) is 14.4 Å². The van der Waals surface area contributed by atoms with Crippen molar-refractivity contribution in [2.24, 2.45) is 0 Å². The van der Waals surface area contributed by atoms with Gasteiger partial charge in [-0.05, 0) is 18.2 Å². The molecule has 2 fully saturated rings. The third kappa shape index (κ3) is 1.90. The Hall–Kier alpha value is -1.50. The lowest BCUT2D eigenvalue weighted by atomic mass is 10.0. The zero-order valence-electron chi connectivity index (χ0n) is 8.96. The number of carboxylic acid groups (broad SMARTS) is 1. The molecule has 0 aliphatic carbocycles. The van der Waals surface area contributed by atoms with Gasteiger partial charge in [-0.15, -0.1) is 11.8 Å². The SMILES string of the molecule is C=CC(=O)NC1C(=O)N2C(C(=O)O)CCS[C@H]12. The van der Waals surface area contributed by atoms with E-state index in [1.165, 1.54) is 16.7 Å². The van der Waals surface area contributed by atoms with Crippen molar-refractivity contribution in [1.82, 2.24) is 10.2 Å². The highest BCUT2D eigenvalue weighted by Crippen LogP contribution is 2.37. The van der Waals surface area contributed by atoms with Gasteiger partial charge in [0.15, 0.2) is 0 Å². The molecule has 2 rings (SSSR count). The Labute approximate surface area is 102 Å². The summed E-state index contributed by atoms with van der Waals surface area (Å²) in [6, 6.07) is -1.38. The molecule has 92 valence electrons. The van der Waals surface area contributed by atoms with Gasteiger partial charge in [-0.1, -0.05) is 6.58 Å². The number of fused-ring (bicyclic) bond motifs is 1. The number of nitrogens with zero attached hydrogens (tertiary/aromatic N) is 1. The molecule has 2 unspecified atom stereocenters. The fraction of sp³-hybridized carbons (Fsp3) is 0.500. The first-order chi connectivity index (χ1) is 8.06. The lowest BCUT2D eigenvalue weighted by Gasteiger charge is -2.51. The molecular formula is C10H12N2O4S. The topological polar surface area (TPSA) is 86.7 Å². The number of hydrogen-bond acceptors (Lipinski definition) is 4. The van der Waals surface area contributed by atoms with Crippen LogP contribution in [0.15, 0.2) is 12.7 Å². The lowest BCUT2D eigenvalue weighted by molar-refractivity contribution is -0.162. The van der Waals surface area contributed by atoms with Crippen molar-refractivity contribution < 1.29 is 19.5 Å². The van der Waals surface area contributed by atoms with Crippen LogP contribution >= 0.6 is 11.8 Å². The van der Waals surface area contributed by atoms with Crippen LogP contribution in [0.1, 0.15) is 6.42 Å². The number of carbonyl (C=O) groups is 3. The minimum absolute atomic E-state index is 0.263. The van der Waals surface area contributed by atoms with Gasteiger partial charge in [-0.2, -0.15) is 0 Å². The first-order valence-electron chi connectivity index (χ1n) is 5.15. The van der Waals surface area contributed by atoms with Crippen molar-refractivity contribution >= 4 is 29.5 Å². The Bertz CT molecular complexity index is 398. The van der Waals surface area contributed by atoms with E-state index in [-0.39, 0.29) is 11.3 Å². The van der Waals surface area contributed by atoms with Gasteiger partial charge < -0.3 is 15.3 Å². The maximum atomic E-state index is 11.8. The monoisotopic (exact) mass is 256 g/mol. The summed E-state index contributed by atoms with van der Waals surface area (Å²) in [5.41, 5.74) is 0. The second kappa shape index (κ2) is 4.40. The number of hydrogen-bond donors (Lipinski definition) is 2. The van der Waals surface area contributed by atoms with E-state index in [0.29, 0.717) is 12.2 Å². The largest absolute Gasteiger partial charge is 0.480 e. The average Bonchev–Trinajstić information content (AvgIpc) is 2.34. The minimum atomic E-state index is -0.989. The zero-order valence-corrected chi connectivity index (χ0v) is 9.77. The fourth-order valence-electron chi connectivity index (χ4n) is 2.02. The number of thioether (sulfide) groups is 1. The molecule has 7 heteroatoms. The van der Waals surface area contributed by atoms with Crippen LogP contribution in [-0.2, 0) is 14.4 Å². The van der Waals surface area contributed by atoms with Gasteiger partial charge in [0.25, 0.3) is 0 Å². The minimum Gasteiger partial charge on any atom is -0.480 e. The molecule has 3 atom stereocenters. The molecule has 0 saturated carbocycles. The predicted molar refractivity (Wildman–Crippen MR) is 61.3 cm³/mol. The Kier molecular flexibility index (Phi) is 3.10. The molecule has 0 aromatic carbocycles. The fourth-order valence-corrected chi connectivity index (χ4v) is 3.41. The van der Waals surface area contributed by atoms with Gasteiger partial charge >= 0.3 is 5.97 Å². The van der Waals surface area contributed by atoms with Crippen LogP contribution in [0, 0.1) is 0 Å². The van der Waals surface area contributed by atoms with Crippen LogP contribution in [-0.4, -0.2) is 51.0 Å². The smallest absolute Gasteiger partial charge is 0.326 e. The van der Waals surface area contributed by atoms with E-state index < -0.39 is 24.0 Å². The van der Waals surface area contributed by atoms with Gasteiger partial charge in [0, 0.05) is 0 Å². The van der Waals surface area contributed by atoms with Crippen LogP contribution in [0.25, 0.3) is 0 Å². The van der Waals surface area contributed by atoms with Gasteiger partial charge in [-0.25, -0.2) is 4.79 Å². The van der Waals surface area contributed by atoms with Gasteiger partial charge in [0.1, 0.15) is 17.5 Å². The summed E-state index contributed by atoms with van der Waals surface area (Å²) in [6.45, 7) is 3.31. The highest BCUT2D eigenvalue weighted by Gasteiger charge is 2.54. The standard InChI is InChI=1S/C10H12N2O4S/c1-2-6(13)11-7-8(14)12-5(10(15)16)3-4-17-9(7)12/h2,5,7,9H,1,3-4H2,(H,11,13)(H,15,16)/t5?,7?,9-/m1/s1. The van der Waals surface area contributed by atoms with Gasteiger partial charge in [-0.3, -0.25) is 9.59 Å². The second-order valence-electron chi connectivity index (χ2n) is 3.84. The highest BCUT2D eigenvalue weighted by atomic mass is 32.2.